The van der Waals surface area contributed by atoms with Gasteiger partial charge in [0.05, 0.1) is 6.54 Å². The molecule has 0 aliphatic rings. The smallest absolute Gasteiger partial charge is 0.162 e. The van der Waals surface area contributed by atoms with Gasteiger partial charge in [-0.25, -0.2) is 0 Å². The molecule has 0 aliphatic carbocycles. The molecule has 1 N–H and O–H groups in total. The normalized spacial score (nSPS) is 11.3. The van der Waals surface area contributed by atoms with E-state index in [-0.39, 0.29) is 0 Å². The molecule has 0 bridgehead atoms. The van der Waals surface area contributed by atoms with Gasteiger partial charge in [0, 0.05) is 36.8 Å². The maximum atomic E-state index is 5.24. The minimum Gasteiger partial charge on any atom is -0.377 e. The molecule has 0 spiro atoms. The van der Waals surface area contributed by atoms with Crippen molar-refractivity contribution in [3.63, 3.8) is 0 Å². The van der Waals surface area contributed by atoms with Crippen LogP contribution in [0.1, 0.15) is 17.0 Å². The van der Waals surface area contributed by atoms with Crippen LogP contribution < -0.4 is 5.32 Å². The maximum absolute atomic E-state index is 5.24. The molecule has 2 aromatic heterocycles. The van der Waals surface area contributed by atoms with Crippen molar-refractivity contribution in [3.8, 4) is 0 Å². The number of benzene rings is 1. The van der Waals surface area contributed by atoms with Gasteiger partial charge >= 0.3 is 0 Å². The van der Waals surface area contributed by atoms with E-state index in [0.717, 1.165) is 18.0 Å². The number of hydrogen-bond donors (Lipinski definition) is 1. The van der Waals surface area contributed by atoms with Crippen LogP contribution in [0.25, 0.3) is 10.9 Å². The quantitative estimate of drug-likeness (QED) is 0.756. The van der Waals surface area contributed by atoms with Gasteiger partial charge in [0.1, 0.15) is 12.3 Å². The largest absolute Gasteiger partial charge is 0.377 e. The van der Waals surface area contributed by atoms with E-state index in [1.54, 1.807) is 7.11 Å². The van der Waals surface area contributed by atoms with Gasteiger partial charge in [-0.15, -0.1) is 0 Å². The van der Waals surface area contributed by atoms with Crippen molar-refractivity contribution in [1.29, 1.82) is 0 Å². The van der Waals surface area contributed by atoms with Crippen LogP contribution >= 0.6 is 0 Å². The lowest BCUT2D eigenvalue weighted by Crippen LogP contribution is -2.04. The zero-order valence-corrected chi connectivity index (χ0v) is 12.3. The van der Waals surface area contributed by atoms with Gasteiger partial charge in [-0.2, -0.15) is 0 Å². The Hall–Kier alpha value is -2.11. The molecule has 0 saturated heterocycles. The number of fused-ring (bicyclic) bond motifs is 1. The minimum atomic E-state index is 0.449. The van der Waals surface area contributed by atoms with Crippen LogP contribution in [0, 0.1) is 0 Å². The summed E-state index contributed by atoms with van der Waals surface area (Å²) in [6.07, 6.45) is 2.17. The highest BCUT2D eigenvalue weighted by Gasteiger charge is 2.10. The van der Waals surface area contributed by atoms with Gasteiger partial charge in [-0.1, -0.05) is 23.4 Å². The first kappa shape index (κ1) is 13.9. The Kier molecular flexibility index (Phi) is 4.03. The Morgan fingerprint density at radius 3 is 3.00 bits per heavy atom. The van der Waals surface area contributed by atoms with Crippen molar-refractivity contribution in [2.45, 2.75) is 19.7 Å². The van der Waals surface area contributed by atoms with E-state index in [4.69, 9.17) is 9.26 Å². The Morgan fingerprint density at radius 2 is 2.19 bits per heavy atom. The number of nitrogens with one attached hydrogen (secondary N) is 1. The standard InChI is InChI=1S/C16H19N3O2/c1-17-8-12-9-19(16-6-4-3-5-15(12)16)10-13-7-14(11-20-2)21-18-13/h3-7,9,17H,8,10-11H2,1-2H3. The topological polar surface area (TPSA) is 52.2 Å². The summed E-state index contributed by atoms with van der Waals surface area (Å²) in [6.45, 7) is 1.99. The molecule has 3 rings (SSSR count). The molecule has 0 atom stereocenters. The lowest BCUT2D eigenvalue weighted by molar-refractivity contribution is 0.155. The number of methoxy groups -OCH3 is 1. The second-order valence-electron chi connectivity index (χ2n) is 5.05. The predicted molar refractivity (Wildman–Crippen MR) is 81.0 cm³/mol. The zero-order chi connectivity index (χ0) is 14.7. The highest BCUT2D eigenvalue weighted by atomic mass is 16.5. The monoisotopic (exact) mass is 285 g/mol. The van der Waals surface area contributed by atoms with Crippen molar-refractivity contribution in [1.82, 2.24) is 15.0 Å². The average molecular weight is 285 g/mol. The fourth-order valence-corrected chi connectivity index (χ4v) is 2.60. The SMILES string of the molecule is CNCc1cn(Cc2cc(COC)on2)c2ccccc12. The van der Waals surface area contributed by atoms with Crippen molar-refractivity contribution < 1.29 is 9.26 Å². The second kappa shape index (κ2) is 6.11. The average Bonchev–Trinajstić information content (AvgIpc) is 3.07. The van der Waals surface area contributed by atoms with Crippen molar-refractivity contribution in [2.75, 3.05) is 14.2 Å². The molecular weight excluding hydrogens is 266 g/mol. The van der Waals surface area contributed by atoms with Gasteiger partial charge in [-0.05, 0) is 18.7 Å². The molecule has 1 aromatic carbocycles. The van der Waals surface area contributed by atoms with Crippen LogP contribution in [0.2, 0.25) is 0 Å². The number of ether oxygens (including phenoxy) is 1. The van der Waals surface area contributed by atoms with Crippen LogP contribution in [-0.4, -0.2) is 23.9 Å². The van der Waals surface area contributed by atoms with Crippen LogP contribution in [-0.2, 0) is 24.4 Å². The Labute approximate surface area is 123 Å². The van der Waals surface area contributed by atoms with Gasteiger partial charge in [-0.3, -0.25) is 0 Å². The Morgan fingerprint density at radius 1 is 1.33 bits per heavy atom. The first-order valence-electron chi connectivity index (χ1n) is 6.96. The highest BCUT2D eigenvalue weighted by Crippen LogP contribution is 2.22. The van der Waals surface area contributed by atoms with E-state index in [1.807, 2.05) is 13.1 Å². The number of para-hydroxylation sites is 1. The van der Waals surface area contributed by atoms with Gasteiger partial charge in [0.25, 0.3) is 0 Å². The molecule has 0 radical (unpaired) electrons. The van der Waals surface area contributed by atoms with E-state index in [2.05, 4.69) is 45.5 Å². The third kappa shape index (κ3) is 2.84. The summed E-state index contributed by atoms with van der Waals surface area (Å²) < 4.78 is 12.5. The first-order valence-corrected chi connectivity index (χ1v) is 6.96. The van der Waals surface area contributed by atoms with Crippen LogP contribution in [0.4, 0.5) is 0 Å². The number of aromatic nitrogens is 2. The number of hydrogen-bond acceptors (Lipinski definition) is 4. The zero-order valence-electron chi connectivity index (χ0n) is 12.3. The molecular formula is C16H19N3O2. The van der Waals surface area contributed by atoms with Crippen LogP contribution in [0.3, 0.4) is 0 Å². The fourth-order valence-electron chi connectivity index (χ4n) is 2.60. The van der Waals surface area contributed by atoms with E-state index >= 15 is 0 Å². The summed E-state index contributed by atoms with van der Waals surface area (Å²) in [6, 6.07) is 10.3. The lowest BCUT2D eigenvalue weighted by atomic mass is 10.2. The molecule has 21 heavy (non-hydrogen) atoms. The third-order valence-electron chi connectivity index (χ3n) is 3.47. The third-order valence-corrected chi connectivity index (χ3v) is 3.47. The molecule has 0 fully saturated rings. The summed E-state index contributed by atoms with van der Waals surface area (Å²) >= 11 is 0. The first-order chi connectivity index (χ1) is 10.3. The van der Waals surface area contributed by atoms with E-state index in [0.29, 0.717) is 13.2 Å². The highest BCUT2D eigenvalue weighted by molar-refractivity contribution is 5.84. The maximum Gasteiger partial charge on any atom is 0.162 e. The molecule has 0 unspecified atom stereocenters. The molecule has 0 aliphatic heterocycles. The number of rotatable bonds is 6. The van der Waals surface area contributed by atoms with Crippen molar-refractivity contribution in [2.24, 2.45) is 0 Å². The van der Waals surface area contributed by atoms with Crippen molar-refractivity contribution in [3.05, 3.63) is 53.5 Å². The minimum absolute atomic E-state index is 0.449. The molecule has 0 amide bonds. The molecule has 0 saturated carbocycles. The summed E-state index contributed by atoms with van der Waals surface area (Å²) in [5, 5.41) is 8.58. The summed E-state index contributed by atoms with van der Waals surface area (Å²) in [5.41, 5.74) is 3.39. The Balaban J connectivity index is 1.92. The molecule has 5 heteroatoms. The van der Waals surface area contributed by atoms with Crippen LogP contribution in [0.15, 0.2) is 41.1 Å². The summed E-state index contributed by atoms with van der Waals surface area (Å²) in [5.74, 6) is 0.749. The van der Waals surface area contributed by atoms with Gasteiger partial charge in [0.2, 0.25) is 0 Å². The van der Waals surface area contributed by atoms with E-state index in [9.17, 15) is 0 Å². The van der Waals surface area contributed by atoms with Crippen molar-refractivity contribution >= 4 is 10.9 Å². The predicted octanol–water partition coefficient (Wildman–Crippen LogP) is 2.54. The molecule has 3 aromatic rings. The molecule has 2 heterocycles. The molecule has 110 valence electrons. The second-order valence-corrected chi connectivity index (χ2v) is 5.05. The fraction of sp³-hybridized carbons (Fsp3) is 0.312. The van der Waals surface area contributed by atoms with Gasteiger partial charge in [0.15, 0.2) is 5.76 Å². The van der Waals surface area contributed by atoms with Crippen LogP contribution in [0.5, 0.6) is 0 Å². The summed E-state index contributed by atoms with van der Waals surface area (Å²) in [7, 11) is 3.60. The number of nitrogens with zero attached hydrogens (tertiary/aromatic N) is 2. The van der Waals surface area contributed by atoms with E-state index in [1.165, 1.54) is 16.5 Å². The van der Waals surface area contributed by atoms with E-state index < -0.39 is 0 Å². The Bertz CT molecular complexity index is 730. The lowest BCUT2D eigenvalue weighted by Gasteiger charge is -2.01. The van der Waals surface area contributed by atoms with Gasteiger partial charge < -0.3 is 19.1 Å². The summed E-state index contributed by atoms with van der Waals surface area (Å²) in [4.78, 5) is 0. The molecule has 5 nitrogen and oxygen atoms in total.